The Hall–Kier alpha value is -4.07. The molecule has 0 radical (unpaired) electrons. The van der Waals surface area contributed by atoms with Crippen molar-refractivity contribution in [1.82, 2.24) is 4.98 Å². The van der Waals surface area contributed by atoms with E-state index >= 15 is 0 Å². The lowest BCUT2D eigenvalue weighted by Gasteiger charge is -2.18. The zero-order valence-electron chi connectivity index (χ0n) is 18.3. The molecule has 2 aromatic carbocycles. The van der Waals surface area contributed by atoms with Gasteiger partial charge >= 0.3 is 6.09 Å². The molecule has 0 saturated carbocycles. The first-order chi connectivity index (χ1) is 15.3. The van der Waals surface area contributed by atoms with Crippen molar-refractivity contribution in [3.8, 4) is 0 Å². The molecule has 8 heteroatoms. The number of nitrogens with one attached hydrogen (secondary N) is 3. The van der Waals surface area contributed by atoms with Crippen LogP contribution in [0.4, 0.5) is 27.7 Å². The van der Waals surface area contributed by atoms with Gasteiger partial charge in [-0.25, -0.2) is 9.78 Å². The number of pyridine rings is 1. The number of amides is 2. The first-order valence-electron chi connectivity index (χ1n) is 10.2. The molecule has 0 atom stereocenters. The van der Waals surface area contributed by atoms with Crippen molar-refractivity contribution in [2.75, 3.05) is 41.5 Å². The summed E-state index contributed by atoms with van der Waals surface area (Å²) in [6, 6.07) is 18.5. The van der Waals surface area contributed by atoms with Crippen molar-refractivity contribution in [2.45, 2.75) is 13.3 Å². The zero-order valence-corrected chi connectivity index (χ0v) is 18.3. The van der Waals surface area contributed by atoms with Crippen molar-refractivity contribution in [2.24, 2.45) is 0 Å². The van der Waals surface area contributed by atoms with Crippen LogP contribution in [0.25, 0.3) is 0 Å². The summed E-state index contributed by atoms with van der Waals surface area (Å²) in [6.45, 7) is 2.63. The van der Waals surface area contributed by atoms with Gasteiger partial charge in [-0.3, -0.25) is 10.1 Å². The summed E-state index contributed by atoms with van der Waals surface area (Å²) in [5.41, 5.74) is 4.99. The molecule has 8 nitrogen and oxygen atoms in total. The fourth-order valence-corrected chi connectivity index (χ4v) is 3.21. The minimum absolute atomic E-state index is 0.157. The molecule has 0 aliphatic heterocycles. The predicted molar refractivity (Wildman–Crippen MR) is 128 cm³/mol. The number of anilines is 4. The molecule has 1 aromatic heterocycles. The van der Waals surface area contributed by atoms with Gasteiger partial charge < -0.3 is 20.6 Å². The minimum atomic E-state index is -1.14. The quantitative estimate of drug-likeness (QED) is 0.418. The molecule has 0 unspecified atom stereocenters. The maximum Gasteiger partial charge on any atom is 0.410 e. The normalized spacial score (nSPS) is 10.3. The van der Waals surface area contributed by atoms with E-state index in [0.29, 0.717) is 30.0 Å². The van der Waals surface area contributed by atoms with E-state index in [4.69, 9.17) is 5.11 Å². The molecule has 0 spiro atoms. The summed E-state index contributed by atoms with van der Waals surface area (Å²) < 4.78 is 0. The van der Waals surface area contributed by atoms with Gasteiger partial charge in [0.05, 0.1) is 5.56 Å². The highest BCUT2D eigenvalue weighted by atomic mass is 16.4. The molecule has 3 rings (SSSR count). The van der Waals surface area contributed by atoms with Crippen molar-refractivity contribution in [1.29, 1.82) is 0 Å². The summed E-state index contributed by atoms with van der Waals surface area (Å²) in [4.78, 5) is 29.7. The molecule has 0 aliphatic carbocycles. The average Bonchev–Trinajstić information content (AvgIpc) is 2.74. The Morgan fingerprint density at radius 2 is 1.69 bits per heavy atom. The van der Waals surface area contributed by atoms with Gasteiger partial charge in [-0.1, -0.05) is 12.1 Å². The number of hydrogen-bond acceptors (Lipinski definition) is 5. The predicted octanol–water partition coefficient (Wildman–Crippen LogP) is 4.45. The number of nitrogens with zero attached hydrogens (tertiary/aromatic N) is 2. The van der Waals surface area contributed by atoms with Crippen LogP contribution in [0.1, 0.15) is 21.6 Å². The van der Waals surface area contributed by atoms with Gasteiger partial charge in [-0.2, -0.15) is 0 Å². The Bertz CT molecular complexity index is 1100. The number of benzene rings is 2. The summed E-state index contributed by atoms with van der Waals surface area (Å²) in [5.74, 6) is 0.149. The number of carbonyl (C=O) groups is 2. The van der Waals surface area contributed by atoms with Gasteiger partial charge in [0.1, 0.15) is 5.82 Å². The molecule has 2 amide bonds. The van der Waals surface area contributed by atoms with E-state index in [1.165, 1.54) is 0 Å². The van der Waals surface area contributed by atoms with E-state index < -0.39 is 6.09 Å². The van der Waals surface area contributed by atoms with Crippen LogP contribution < -0.4 is 20.9 Å². The fraction of sp³-hybridized carbons (Fsp3) is 0.208. The SMILES string of the molecule is Cc1ccc(C(=O)Nc2ccc(NCCc3cccc(NC(=O)O)n3)cc2)c(N(C)C)c1. The molecule has 166 valence electrons. The molecular formula is C24H27N5O3. The van der Waals surface area contributed by atoms with E-state index in [1.54, 1.807) is 12.1 Å². The van der Waals surface area contributed by atoms with Gasteiger partial charge in [0.2, 0.25) is 0 Å². The van der Waals surface area contributed by atoms with E-state index in [-0.39, 0.29) is 5.91 Å². The number of carbonyl (C=O) groups excluding carboxylic acids is 1. The van der Waals surface area contributed by atoms with Crippen LogP contribution in [-0.4, -0.2) is 42.7 Å². The Kier molecular flexibility index (Phi) is 7.28. The second kappa shape index (κ2) is 10.3. The summed E-state index contributed by atoms with van der Waals surface area (Å²) in [7, 11) is 3.83. The van der Waals surface area contributed by atoms with Crippen LogP contribution in [0.15, 0.2) is 60.7 Å². The third kappa shape index (κ3) is 6.21. The van der Waals surface area contributed by atoms with Crippen molar-refractivity contribution >= 4 is 34.9 Å². The molecule has 1 heterocycles. The molecule has 4 N–H and O–H groups in total. The smallest absolute Gasteiger partial charge is 0.410 e. The molecule has 0 saturated heterocycles. The van der Waals surface area contributed by atoms with Crippen LogP contribution in [0, 0.1) is 6.92 Å². The Morgan fingerprint density at radius 1 is 0.969 bits per heavy atom. The van der Waals surface area contributed by atoms with Gasteiger partial charge in [0.25, 0.3) is 5.91 Å². The van der Waals surface area contributed by atoms with E-state index in [9.17, 15) is 9.59 Å². The lowest BCUT2D eigenvalue weighted by Crippen LogP contribution is -2.18. The number of aromatic nitrogens is 1. The summed E-state index contributed by atoms with van der Waals surface area (Å²) >= 11 is 0. The molecular weight excluding hydrogens is 406 g/mol. The number of rotatable bonds is 8. The minimum Gasteiger partial charge on any atom is -0.465 e. The number of hydrogen-bond donors (Lipinski definition) is 4. The average molecular weight is 434 g/mol. The van der Waals surface area contributed by atoms with Crippen LogP contribution in [0.5, 0.6) is 0 Å². The largest absolute Gasteiger partial charge is 0.465 e. The first-order valence-corrected chi connectivity index (χ1v) is 10.2. The molecule has 0 fully saturated rings. The maximum atomic E-state index is 12.8. The van der Waals surface area contributed by atoms with Crippen LogP contribution in [-0.2, 0) is 6.42 Å². The first kappa shape index (κ1) is 22.6. The van der Waals surface area contributed by atoms with Crippen molar-refractivity contribution in [3.63, 3.8) is 0 Å². The van der Waals surface area contributed by atoms with Crippen molar-refractivity contribution < 1.29 is 14.7 Å². The summed E-state index contributed by atoms with van der Waals surface area (Å²) in [5, 5.41) is 17.3. The van der Waals surface area contributed by atoms with Crippen LogP contribution in [0.3, 0.4) is 0 Å². The fourth-order valence-electron chi connectivity index (χ4n) is 3.21. The van der Waals surface area contributed by atoms with E-state index in [0.717, 1.165) is 22.6 Å². The number of carboxylic acid groups (broad SMARTS) is 1. The number of aryl methyl sites for hydroxylation is 1. The van der Waals surface area contributed by atoms with Crippen LogP contribution >= 0.6 is 0 Å². The van der Waals surface area contributed by atoms with Crippen molar-refractivity contribution in [3.05, 3.63) is 77.5 Å². The molecule has 32 heavy (non-hydrogen) atoms. The highest BCUT2D eigenvalue weighted by Crippen LogP contribution is 2.22. The van der Waals surface area contributed by atoms with E-state index in [2.05, 4.69) is 20.9 Å². The Labute approximate surface area is 187 Å². The Balaban J connectivity index is 1.56. The van der Waals surface area contributed by atoms with Gasteiger partial charge in [-0.15, -0.1) is 0 Å². The zero-order chi connectivity index (χ0) is 23.1. The molecule has 0 bridgehead atoms. The third-order valence-corrected chi connectivity index (χ3v) is 4.77. The van der Waals surface area contributed by atoms with E-state index in [1.807, 2.05) is 74.4 Å². The second-order valence-electron chi connectivity index (χ2n) is 7.57. The van der Waals surface area contributed by atoms with Gasteiger partial charge in [0.15, 0.2) is 0 Å². The highest BCUT2D eigenvalue weighted by Gasteiger charge is 2.13. The monoisotopic (exact) mass is 433 g/mol. The maximum absolute atomic E-state index is 12.8. The molecule has 3 aromatic rings. The van der Waals surface area contributed by atoms with Gasteiger partial charge in [-0.05, 0) is 61.0 Å². The lowest BCUT2D eigenvalue weighted by molar-refractivity contribution is 0.102. The summed E-state index contributed by atoms with van der Waals surface area (Å²) in [6.07, 6.45) is -0.505. The Morgan fingerprint density at radius 3 is 2.38 bits per heavy atom. The standard InChI is InChI=1S/C24H27N5O3/c1-16-7-12-20(21(15-16)29(2)3)23(30)27-19-10-8-17(9-11-19)25-14-13-18-5-4-6-22(26-18)28-24(31)32/h4-12,15,25H,13-14H2,1-3H3,(H,26,28)(H,27,30)(H,31,32). The highest BCUT2D eigenvalue weighted by molar-refractivity contribution is 6.08. The lowest BCUT2D eigenvalue weighted by atomic mass is 10.1. The topological polar surface area (TPSA) is 107 Å². The second-order valence-corrected chi connectivity index (χ2v) is 7.57. The molecule has 0 aliphatic rings. The third-order valence-electron chi connectivity index (χ3n) is 4.77. The van der Waals surface area contributed by atoms with Gasteiger partial charge in [0, 0.05) is 49.8 Å². The van der Waals surface area contributed by atoms with Crippen LogP contribution in [0.2, 0.25) is 0 Å².